The molecule has 0 bridgehead atoms. The van der Waals surface area contributed by atoms with Crippen molar-refractivity contribution in [3.8, 4) is 0 Å². The van der Waals surface area contributed by atoms with E-state index in [1.165, 1.54) is 6.92 Å². The molecule has 30 heavy (non-hydrogen) atoms. The van der Waals surface area contributed by atoms with Crippen molar-refractivity contribution in [1.29, 1.82) is 0 Å². The zero-order chi connectivity index (χ0) is 21.5. The van der Waals surface area contributed by atoms with Crippen molar-refractivity contribution < 1.29 is 14.4 Å². The lowest BCUT2D eigenvalue weighted by Gasteiger charge is -2.36. The molecular formula is C21H24ClN5O3. The third-order valence-electron chi connectivity index (χ3n) is 4.63. The Labute approximate surface area is 180 Å². The quantitative estimate of drug-likeness (QED) is 0.681. The molecule has 3 N–H and O–H groups in total. The summed E-state index contributed by atoms with van der Waals surface area (Å²) in [5.74, 6) is -0.537. The van der Waals surface area contributed by atoms with Crippen LogP contribution in [-0.4, -0.2) is 55.5 Å². The van der Waals surface area contributed by atoms with Gasteiger partial charge in [0.15, 0.2) is 0 Å². The van der Waals surface area contributed by atoms with Gasteiger partial charge in [-0.15, -0.1) is 0 Å². The second-order valence-corrected chi connectivity index (χ2v) is 7.36. The molecule has 3 rings (SSSR count). The van der Waals surface area contributed by atoms with Gasteiger partial charge in [-0.25, -0.2) is 4.79 Å². The molecule has 9 heteroatoms. The molecule has 1 fully saturated rings. The minimum Gasteiger partial charge on any atom is -0.368 e. The van der Waals surface area contributed by atoms with Gasteiger partial charge in [-0.2, -0.15) is 0 Å². The molecule has 1 saturated heterocycles. The first kappa shape index (κ1) is 21.4. The molecule has 0 spiro atoms. The highest BCUT2D eigenvalue weighted by Gasteiger charge is 2.21. The van der Waals surface area contributed by atoms with Gasteiger partial charge >= 0.3 is 6.03 Å². The molecule has 0 atom stereocenters. The average Bonchev–Trinajstić information content (AvgIpc) is 2.72. The summed E-state index contributed by atoms with van der Waals surface area (Å²) >= 11 is 5.93. The fourth-order valence-electron chi connectivity index (χ4n) is 3.17. The molecule has 1 aliphatic rings. The van der Waals surface area contributed by atoms with Gasteiger partial charge in [0.2, 0.25) is 11.8 Å². The summed E-state index contributed by atoms with van der Waals surface area (Å²) in [5, 5.41) is 8.70. The van der Waals surface area contributed by atoms with Crippen LogP contribution in [0.1, 0.15) is 6.92 Å². The van der Waals surface area contributed by atoms with Crippen molar-refractivity contribution in [2.24, 2.45) is 0 Å². The number of hydrogen-bond acceptors (Lipinski definition) is 4. The highest BCUT2D eigenvalue weighted by atomic mass is 35.5. The molecular weight excluding hydrogens is 406 g/mol. The Kier molecular flexibility index (Phi) is 7.13. The van der Waals surface area contributed by atoms with Gasteiger partial charge in [-0.05, 0) is 42.5 Å². The van der Waals surface area contributed by atoms with Crippen LogP contribution in [0.15, 0.2) is 48.5 Å². The Morgan fingerprint density at radius 1 is 0.933 bits per heavy atom. The SMILES string of the molecule is CC(=O)Nc1cccc(NC(=O)CNC(=O)N2CCN(c3ccc(Cl)cc3)CC2)c1. The van der Waals surface area contributed by atoms with E-state index in [2.05, 4.69) is 20.9 Å². The number of benzene rings is 2. The predicted molar refractivity (Wildman–Crippen MR) is 118 cm³/mol. The molecule has 1 heterocycles. The molecule has 0 radical (unpaired) electrons. The Morgan fingerprint density at radius 2 is 1.57 bits per heavy atom. The van der Waals surface area contributed by atoms with Crippen LogP contribution in [0.25, 0.3) is 0 Å². The lowest BCUT2D eigenvalue weighted by molar-refractivity contribution is -0.115. The third kappa shape index (κ3) is 6.12. The number of piperazine rings is 1. The highest BCUT2D eigenvalue weighted by Crippen LogP contribution is 2.19. The molecule has 4 amide bonds. The van der Waals surface area contributed by atoms with Crippen LogP contribution in [0.3, 0.4) is 0 Å². The van der Waals surface area contributed by atoms with Gasteiger partial charge in [0.25, 0.3) is 0 Å². The number of anilines is 3. The molecule has 0 saturated carbocycles. The van der Waals surface area contributed by atoms with Crippen molar-refractivity contribution in [1.82, 2.24) is 10.2 Å². The van der Waals surface area contributed by atoms with E-state index in [9.17, 15) is 14.4 Å². The zero-order valence-electron chi connectivity index (χ0n) is 16.7. The molecule has 8 nitrogen and oxygen atoms in total. The smallest absolute Gasteiger partial charge is 0.317 e. The molecule has 0 aromatic heterocycles. The van der Waals surface area contributed by atoms with Crippen LogP contribution in [0.4, 0.5) is 21.9 Å². The van der Waals surface area contributed by atoms with E-state index >= 15 is 0 Å². The van der Waals surface area contributed by atoms with Gasteiger partial charge in [-0.3, -0.25) is 9.59 Å². The Morgan fingerprint density at radius 3 is 2.20 bits per heavy atom. The third-order valence-corrected chi connectivity index (χ3v) is 4.88. The summed E-state index contributed by atoms with van der Waals surface area (Å²) < 4.78 is 0. The number of carbonyl (C=O) groups excluding carboxylic acids is 3. The topological polar surface area (TPSA) is 93.8 Å². The fraction of sp³-hybridized carbons (Fsp3) is 0.286. The summed E-state index contributed by atoms with van der Waals surface area (Å²) in [6, 6.07) is 14.2. The minimum atomic E-state index is -0.344. The average molecular weight is 430 g/mol. The van der Waals surface area contributed by atoms with Crippen molar-refractivity contribution in [3.05, 3.63) is 53.6 Å². The summed E-state index contributed by atoms with van der Waals surface area (Å²) in [5.41, 5.74) is 2.19. The standard InChI is InChI=1S/C21H24ClN5O3/c1-15(28)24-17-3-2-4-18(13-17)25-20(29)14-23-21(30)27-11-9-26(10-12-27)19-7-5-16(22)6-8-19/h2-8,13H,9-12,14H2,1H3,(H,23,30)(H,24,28)(H,25,29). The Balaban J connectivity index is 1.43. The maximum absolute atomic E-state index is 12.4. The van der Waals surface area contributed by atoms with Crippen LogP contribution in [0.2, 0.25) is 5.02 Å². The maximum atomic E-state index is 12.4. The summed E-state index contributed by atoms with van der Waals surface area (Å²) in [4.78, 5) is 39.5. The van der Waals surface area contributed by atoms with E-state index in [1.807, 2.05) is 24.3 Å². The molecule has 1 aliphatic heterocycles. The first-order valence-electron chi connectivity index (χ1n) is 9.61. The van der Waals surface area contributed by atoms with Gasteiger partial charge in [0, 0.05) is 55.2 Å². The minimum absolute atomic E-state index is 0.138. The van der Waals surface area contributed by atoms with Gasteiger partial charge in [-0.1, -0.05) is 17.7 Å². The normalized spacial score (nSPS) is 13.5. The van der Waals surface area contributed by atoms with Crippen LogP contribution in [0.5, 0.6) is 0 Å². The first-order valence-corrected chi connectivity index (χ1v) is 9.99. The number of halogens is 1. The van der Waals surface area contributed by atoms with Gasteiger partial charge < -0.3 is 25.8 Å². The first-order chi connectivity index (χ1) is 14.4. The summed E-state index contributed by atoms with van der Waals surface area (Å²) in [6.45, 7) is 3.81. The van der Waals surface area contributed by atoms with Crippen LogP contribution in [-0.2, 0) is 9.59 Å². The number of urea groups is 1. The maximum Gasteiger partial charge on any atom is 0.317 e. The number of carbonyl (C=O) groups is 3. The lowest BCUT2D eigenvalue weighted by Crippen LogP contribution is -2.52. The summed E-state index contributed by atoms with van der Waals surface area (Å²) in [6.07, 6.45) is 0. The van der Waals surface area contributed by atoms with E-state index in [-0.39, 0.29) is 24.4 Å². The number of nitrogens with one attached hydrogen (secondary N) is 3. The second kappa shape index (κ2) is 9.98. The molecule has 158 valence electrons. The lowest BCUT2D eigenvalue weighted by atomic mass is 10.2. The van der Waals surface area contributed by atoms with Gasteiger partial charge in [0.1, 0.15) is 0 Å². The number of hydrogen-bond donors (Lipinski definition) is 3. The van der Waals surface area contributed by atoms with E-state index in [4.69, 9.17) is 11.6 Å². The highest BCUT2D eigenvalue weighted by molar-refractivity contribution is 6.30. The largest absolute Gasteiger partial charge is 0.368 e. The molecule has 0 unspecified atom stereocenters. The van der Waals surface area contributed by atoms with Crippen molar-refractivity contribution in [2.75, 3.05) is 48.3 Å². The van der Waals surface area contributed by atoms with E-state index < -0.39 is 0 Å². The van der Waals surface area contributed by atoms with Crippen molar-refractivity contribution >= 4 is 46.5 Å². The Bertz CT molecular complexity index is 911. The number of amides is 4. The van der Waals surface area contributed by atoms with Crippen molar-refractivity contribution in [2.45, 2.75) is 6.92 Å². The fourth-order valence-corrected chi connectivity index (χ4v) is 3.30. The van der Waals surface area contributed by atoms with E-state index in [0.717, 1.165) is 5.69 Å². The monoisotopic (exact) mass is 429 g/mol. The predicted octanol–water partition coefficient (Wildman–Crippen LogP) is 2.77. The molecule has 0 aliphatic carbocycles. The van der Waals surface area contributed by atoms with E-state index in [0.29, 0.717) is 42.6 Å². The van der Waals surface area contributed by atoms with Gasteiger partial charge in [0.05, 0.1) is 6.54 Å². The molecule has 2 aromatic rings. The summed E-state index contributed by atoms with van der Waals surface area (Å²) in [7, 11) is 0. The van der Waals surface area contributed by atoms with E-state index in [1.54, 1.807) is 29.2 Å². The van der Waals surface area contributed by atoms with Crippen molar-refractivity contribution in [3.63, 3.8) is 0 Å². The second-order valence-electron chi connectivity index (χ2n) is 6.92. The Hall–Kier alpha value is -3.26. The number of rotatable bonds is 5. The zero-order valence-corrected chi connectivity index (χ0v) is 17.4. The van der Waals surface area contributed by atoms with Crippen LogP contribution < -0.4 is 20.9 Å². The molecule has 2 aromatic carbocycles. The van der Waals surface area contributed by atoms with Crippen LogP contribution in [0, 0.1) is 0 Å². The van der Waals surface area contributed by atoms with Crippen LogP contribution >= 0.6 is 11.6 Å². The number of nitrogens with zero attached hydrogens (tertiary/aromatic N) is 2.